The van der Waals surface area contributed by atoms with E-state index in [1.54, 1.807) is 0 Å². The van der Waals surface area contributed by atoms with Gasteiger partial charge in [0.05, 0.1) is 21.4 Å². The van der Waals surface area contributed by atoms with Gasteiger partial charge in [0, 0.05) is 24.7 Å². The summed E-state index contributed by atoms with van der Waals surface area (Å²) in [7, 11) is -4.14. The second-order valence-electron chi connectivity index (χ2n) is 6.27. The van der Waals surface area contributed by atoms with Crippen molar-refractivity contribution in [3.63, 3.8) is 0 Å². The Morgan fingerprint density at radius 2 is 1.90 bits per heavy atom. The van der Waals surface area contributed by atoms with Crippen LogP contribution >= 0.6 is 0 Å². The van der Waals surface area contributed by atoms with Gasteiger partial charge in [-0.15, -0.1) is 0 Å². The second kappa shape index (κ2) is 7.47. The van der Waals surface area contributed by atoms with Gasteiger partial charge in [0.1, 0.15) is 0 Å². The first kappa shape index (κ1) is 20.2. The summed E-state index contributed by atoms with van der Waals surface area (Å²) >= 11 is 0. The minimum Gasteiger partial charge on any atom is -0.481 e. The summed E-state index contributed by atoms with van der Waals surface area (Å²) in [5.74, 6) is -3.40. The maximum absolute atomic E-state index is 13.4. The maximum atomic E-state index is 13.4. The zero-order chi connectivity index (χ0) is 21.3. The highest BCUT2D eigenvalue weighted by molar-refractivity contribution is 7.92. The molecule has 0 aromatic heterocycles. The third-order valence-corrected chi connectivity index (χ3v) is 5.73. The van der Waals surface area contributed by atoms with E-state index in [0.717, 1.165) is 18.2 Å². The molecule has 0 spiro atoms. The number of rotatable bonds is 6. The number of hydrogen-bond acceptors (Lipinski definition) is 6. The number of hydrogen-bond donors (Lipinski definition) is 2. The molecule has 10 nitrogen and oxygen atoms in total. The van der Waals surface area contributed by atoms with Gasteiger partial charge >= 0.3 is 11.7 Å². The molecular weight excluding hydrogens is 409 g/mol. The fourth-order valence-corrected chi connectivity index (χ4v) is 3.91. The topological polar surface area (TPSA) is 147 Å². The van der Waals surface area contributed by atoms with E-state index in [-0.39, 0.29) is 29.5 Å². The van der Waals surface area contributed by atoms with Gasteiger partial charge in [-0.25, -0.2) is 8.42 Å². The number of carboxylic acids is 1. The molecule has 1 saturated heterocycles. The van der Waals surface area contributed by atoms with Gasteiger partial charge in [-0.2, -0.15) is 4.39 Å². The zero-order valence-electron chi connectivity index (χ0n) is 14.6. The number of amides is 1. The van der Waals surface area contributed by atoms with E-state index >= 15 is 0 Å². The van der Waals surface area contributed by atoms with Gasteiger partial charge in [-0.3, -0.25) is 24.4 Å². The smallest absolute Gasteiger partial charge is 0.308 e. The summed E-state index contributed by atoms with van der Waals surface area (Å²) in [6, 6.07) is 7.69. The molecule has 29 heavy (non-hydrogen) atoms. The number of benzene rings is 2. The molecule has 0 unspecified atom stereocenters. The molecule has 2 aromatic rings. The Morgan fingerprint density at radius 1 is 1.24 bits per heavy atom. The SMILES string of the molecule is O=C(O)[C@H]1CC(=O)N(c2ccc(S(=O)(=O)Nc3ccc(F)c([N+](=O)[O-])c3)cc2)C1. The fourth-order valence-electron chi connectivity index (χ4n) is 2.86. The maximum Gasteiger partial charge on any atom is 0.308 e. The predicted octanol–water partition coefficient (Wildman–Crippen LogP) is 1.97. The molecule has 2 aromatic carbocycles. The molecule has 0 bridgehead atoms. The van der Waals surface area contributed by atoms with Gasteiger partial charge < -0.3 is 10.0 Å². The third kappa shape index (κ3) is 4.16. The summed E-state index contributed by atoms with van der Waals surface area (Å²) in [6.45, 7) is -0.0161. The summed E-state index contributed by atoms with van der Waals surface area (Å²) in [4.78, 5) is 33.9. The number of sulfonamides is 1. The van der Waals surface area contributed by atoms with Crippen LogP contribution in [0.5, 0.6) is 0 Å². The molecule has 0 aliphatic carbocycles. The lowest BCUT2D eigenvalue weighted by Gasteiger charge is -2.16. The van der Waals surface area contributed by atoms with Crippen LogP contribution in [0.3, 0.4) is 0 Å². The Kier molecular flexibility index (Phi) is 5.20. The predicted molar refractivity (Wildman–Crippen MR) is 98.4 cm³/mol. The number of nitro groups is 1. The summed E-state index contributed by atoms with van der Waals surface area (Å²) in [5.41, 5.74) is -0.725. The highest BCUT2D eigenvalue weighted by Gasteiger charge is 2.35. The Balaban J connectivity index is 1.80. The fraction of sp³-hybridized carbons (Fsp3) is 0.176. The molecule has 0 saturated carbocycles. The second-order valence-corrected chi connectivity index (χ2v) is 7.95. The van der Waals surface area contributed by atoms with Crippen LogP contribution in [0.4, 0.5) is 21.5 Å². The van der Waals surface area contributed by atoms with Crippen molar-refractivity contribution in [3.8, 4) is 0 Å². The number of halogens is 1. The molecular formula is C17H14FN3O7S. The standard InChI is InChI=1S/C17H14FN3O7S/c18-14-6-1-11(8-15(14)21(25)26)19-29(27,28)13-4-2-12(3-5-13)20-9-10(17(23)24)7-16(20)22/h1-6,8,10,19H,7,9H2,(H,23,24)/t10-/m0/s1. The van der Waals surface area contributed by atoms with Gasteiger partial charge in [-0.1, -0.05) is 0 Å². The molecule has 1 amide bonds. The normalized spacial score (nSPS) is 16.7. The van der Waals surface area contributed by atoms with Crippen LogP contribution in [-0.2, 0) is 19.6 Å². The van der Waals surface area contributed by atoms with Crippen LogP contribution in [-0.4, -0.2) is 36.9 Å². The highest BCUT2D eigenvalue weighted by atomic mass is 32.2. The molecule has 1 atom stereocenters. The van der Waals surface area contributed by atoms with E-state index in [9.17, 15) is 32.5 Å². The van der Waals surface area contributed by atoms with Crippen LogP contribution in [0, 0.1) is 21.8 Å². The Bertz CT molecular complexity index is 1100. The average molecular weight is 423 g/mol. The number of nitrogens with one attached hydrogen (secondary N) is 1. The minimum atomic E-state index is -4.14. The van der Waals surface area contributed by atoms with Crippen molar-refractivity contribution in [2.75, 3.05) is 16.2 Å². The summed E-state index contributed by atoms with van der Waals surface area (Å²) in [6.07, 6.45) is -0.139. The van der Waals surface area contributed by atoms with Crippen LogP contribution < -0.4 is 9.62 Å². The Labute approximate surface area is 163 Å². The molecule has 12 heteroatoms. The lowest BCUT2D eigenvalue weighted by atomic mass is 10.1. The number of anilines is 2. The van der Waals surface area contributed by atoms with Crippen molar-refractivity contribution >= 4 is 39.0 Å². The molecule has 2 N–H and O–H groups in total. The lowest BCUT2D eigenvalue weighted by molar-refractivity contribution is -0.387. The van der Waals surface area contributed by atoms with Crippen LogP contribution in [0.25, 0.3) is 0 Å². The molecule has 1 heterocycles. The first-order chi connectivity index (χ1) is 13.6. The zero-order valence-corrected chi connectivity index (χ0v) is 15.4. The van der Waals surface area contributed by atoms with Crippen molar-refractivity contribution in [3.05, 3.63) is 58.4 Å². The van der Waals surface area contributed by atoms with Crippen LogP contribution in [0.1, 0.15) is 6.42 Å². The molecule has 1 aliphatic heterocycles. The number of carbonyl (C=O) groups excluding carboxylic acids is 1. The van der Waals surface area contributed by atoms with Crippen LogP contribution in [0.15, 0.2) is 47.4 Å². The minimum absolute atomic E-state index is 0.0161. The van der Waals surface area contributed by atoms with Crippen molar-refractivity contribution in [1.29, 1.82) is 0 Å². The molecule has 3 rings (SSSR count). The number of carboxylic acid groups (broad SMARTS) is 1. The van der Waals surface area contributed by atoms with E-state index in [2.05, 4.69) is 4.72 Å². The quantitative estimate of drug-likeness (QED) is 0.533. The number of nitrogens with zero attached hydrogens (tertiary/aromatic N) is 2. The van der Waals surface area contributed by atoms with E-state index in [1.807, 2.05) is 0 Å². The number of aliphatic carboxylic acids is 1. The van der Waals surface area contributed by atoms with E-state index in [4.69, 9.17) is 5.11 Å². The van der Waals surface area contributed by atoms with Gasteiger partial charge in [0.2, 0.25) is 11.7 Å². The summed E-state index contributed by atoms with van der Waals surface area (Å²) < 4.78 is 40.5. The Morgan fingerprint density at radius 3 is 2.45 bits per heavy atom. The van der Waals surface area contributed by atoms with Gasteiger partial charge in [0.25, 0.3) is 10.0 Å². The van der Waals surface area contributed by atoms with Crippen molar-refractivity contribution in [2.24, 2.45) is 5.92 Å². The number of nitro benzene ring substituents is 1. The van der Waals surface area contributed by atoms with Crippen molar-refractivity contribution in [2.45, 2.75) is 11.3 Å². The monoisotopic (exact) mass is 423 g/mol. The highest BCUT2D eigenvalue weighted by Crippen LogP contribution is 2.28. The van der Waals surface area contributed by atoms with Gasteiger partial charge in [0.15, 0.2) is 0 Å². The molecule has 1 fully saturated rings. The number of carbonyl (C=O) groups is 2. The van der Waals surface area contributed by atoms with Gasteiger partial charge in [-0.05, 0) is 36.4 Å². The first-order valence-corrected chi connectivity index (χ1v) is 9.67. The molecule has 152 valence electrons. The van der Waals surface area contributed by atoms with E-state index in [0.29, 0.717) is 5.69 Å². The Hall–Kier alpha value is -3.54. The average Bonchev–Trinajstić information content (AvgIpc) is 3.05. The van der Waals surface area contributed by atoms with E-state index < -0.39 is 38.3 Å². The molecule has 0 radical (unpaired) electrons. The van der Waals surface area contributed by atoms with Crippen LogP contribution in [0.2, 0.25) is 0 Å². The van der Waals surface area contributed by atoms with Crippen molar-refractivity contribution in [1.82, 2.24) is 0 Å². The van der Waals surface area contributed by atoms with E-state index in [1.165, 1.54) is 29.2 Å². The largest absolute Gasteiger partial charge is 0.481 e. The van der Waals surface area contributed by atoms with Crippen molar-refractivity contribution < 1.29 is 32.4 Å². The first-order valence-electron chi connectivity index (χ1n) is 8.18. The third-order valence-electron chi connectivity index (χ3n) is 4.33. The lowest BCUT2D eigenvalue weighted by Crippen LogP contribution is -2.25. The molecule has 1 aliphatic rings. The summed E-state index contributed by atoms with van der Waals surface area (Å²) in [5, 5.41) is 19.8.